The number of amides is 1. The Hall–Kier alpha value is -1.67. The zero-order chi connectivity index (χ0) is 14.8. The van der Waals surface area contributed by atoms with E-state index in [4.69, 9.17) is 0 Å². The van der Waals surface area contributed by atoms with E-state index in [0.29, 0.717) is 26.1 Å². The summed E-state index contributed by atoms with van der Waals surface area (Å²) in [4.78, 5) is 22.8. The minimum absolute atomic E-state index is 0.0752. The van der Waals surface area contributed by atoms with Gasteiger partial charge >= 0.3 is 0 Å². The molecule has 21 heavy (non-hydrogen) atoms. The second-order valence-electron chi connectivity index (χ2n) is 5.85. The average molecular weight is 294 g/mol. The van der Waals surface area contributed by atoms with Crippen LogP contribution >= 0.6 is 0 Å². The first-order valence-corrected chi connectivity index (χ1v) is 7.41. The molecule has 2 aliphatic heterocycles. The van der Waals surface area contributed by atoms with Gasteiger partial charge in [-0.25, -0.2) is 5.10 Å². The number of rotatable bonds is 2. The summed E-state index contributed by atoms with van der Waals surface area (Å²) >= 11 is 0. The molecule has 0 spiro atoms. The molecule has 2 N–H and O–H groups in total. The predicted molar refractivity (Wildman–Crippen MR) is 76.8 cm³/mol. The monoisotopic (exact) mass is 294 g/mol. The van der Waals surface area contributed by atoms with Crippen molar-refractivity contribution in [3.63, 3.8) is 0 Å². The quantitative estimate of drug-likeness (QED) is 0.710. The number of hydrogen-bond acceptors (Lipinski definition) is 6. The standard InChI is InChI=1S/C13H22N6O2/c1-17-3-2-11(20)10(8-17)12(21)18-4-6-19(7-5-18)13-14-9-15-16-13/h9-11,20H,2-8H2,1H3,(H,14,15,16)/t10-,11+/m1/s1. The number of aromatic amines is 1. The van der Waals surface area contributed by atoms with Crippen LogP contribution in [0.1, 0.15) is 6.42 Å². The van der Waals surface area contributed by atoms with Gasteiger partial charge in [-0.15, -0.1) is 0 Å². The van der Waals surface area contributed by atoms with Crippen molar-refractivity contribution in [2.45, 2.75) is 12.5 Å². The summed E-state index contributed by atoms with van der Waals surface area (Å²) < 4.78 is 0. The summed E-state index contributed by atoms with van der Waals surface area (Å²) in [5.74, 6) is 0.534. The molecule has 0 radical (unpaired) electrons. The molecular weight excluding hydrogens is 272 g/mol. The summed E-state index contributed by atoms with van der Waals surface area (Å²) in [5, 5.41) is 16.8. The van der Waals surface area contributed by atoms with E-state index in [-0.39, 0.29) is 11.8 Å². The number of hydrogen-bond donors (Lipinski definition) is 2. The predicted octanol–water partition coefficient (Wildman–Crippen LogP) is -1.23. The minimum Gasteiger partial charge on any atom is -0.392 e. The maximum Gasteiger partial charge on any atom is 0.229 e. The molecule has 1 aromatic rings. The first-order valence-electron chi connectivity index (χ1n) is 7.41. The minimum atomic E-state index is -0.513. The number of aromatic nitrogens is 3. The van der Waals surface area contributed by atoms with Crippen molar-refractivity contribution in [3.8, 4) is 0 Å². The molecular formula is C13H22N6O2. The number of H-pyrrole nitrogens is 1. The molecule has 2 aliphatic rings. The maximum absolute atomic E-state index is 12.6. The fraction of sp³-hybridized carbons (Fsp3) is 0.769. The van der Waals surface area contributed by atoms with Gasteiger partial charge < -0.3 is 19.8 Å². The summed E-state index contributed by atoms with van der Waals surface area (Å²) in [6.07, 6.45) is 1.65. The highest BCUT2D eigenvalue weighted by molar-refractivity contribution is 5.80. The van der Waals surface area contributed by atoms with Crippen LogP contribution in [0, 0.1) is 5.92 Å². The highest BCUT2D eigenvalue weighted by atomic mass is 16.3. The van der Waals surface area contributed by atoms with E-state index in [2.05, 4.69) is 25.0 Å². The smallest absolute Gasteiger partial charge is 0.229 e. The van der Waals surface area contributed by atoms with Gasteiger partial charge in [0, 0.05) is 39.3 Å². The number of piperidine rings is 1. The molecule has 2 fully saturated rings. The third-order valence-electron chi connectivity index (χ3n) is 4.39. The van der Waals surface area contributed by atoms with Crippen LogP contribution in [0.25, 0.3) is 0 Å². The van der Waals surface area contributed by atoms with Gasteiger partial charge in [0.15, 0.2) is 0 Å². The topological polar surface area (TPSA) is 88.6 Å². The SMILES string of the molecule is CN1CC[C@H](O)[C@H](C(=O)N2CCN(c3ncn[nH]3)CC2)C1. The normalized spacial score (nSPS) is 27.9. The highest BCUT2D eigenvalue weighted by Gasteiger charge is 2.35. The number of anilines is 1. The molecule has 1 amide bonds. The van der Waals surface area contributed by atoms with Gasteiger partial charge in [0.05, 0.1) is 12.0 Å². The summed E-state index contributed by atoms with van der Waals surface area (Å²) in [5.41, 5.74) is 0. The molecule has 116 valence electrons. The van der Waals surface area contributed by atoms with Crippen LogP contribution in [0.5, 0.6) is 0 Å². The lowest BCUT2D eigenvalue weighted by molar-refractivity contribution is -0.142. The van der Waals surface area contributed by atoms with Crippen molar-refractivity contribution < 1.29 is 9.90 Å². The van der Waals surface area contributed by atoms with Crippen molar-refractivity contribution in [2.75, 3.05) is 51.2 Å². The Balaban J connectivity index is 1.57. The molecule has 0 unspecified atom stereocenters. The van der Waals surface area contributed by atoms with Gasteiger partial charge in [-0.05, 0) is 13.5 Å². The fourth-order valence-electron chi connectivity index (χ4n) is 3.07. The fourth-order valence-corrected chi connectivity index (χ4v) is 3.07. The Kier molecular flexibility index (Phi) is 4.07. The van der Waals surface area contributed by atoms with E-state index in [0.717, 1.165) is 25.6 Å². The number of carbonyl (C=O) groups is 1. The molecule has 0 aromatic carbocycles. The van der Waals surface area contributed by atoms with Gasteiger partial charge in [0.25, 0.3) is 0 Å². The molecule has 1 aromatic heterocycles. The van der Waals surface area contributed by atoms with Gasteiger partial charge in [0.2, 0.25) is 11.9 Å². The maximum atomic E-state index is 12.6. The largest absolute Gasteiger partial charge is 0.392 e. The molecule has 0 saturated carbocycles. The van der Waals surface area contributed by atoms with Crippen LogP contribution in [-0.4, -0.2) is 88.4 Å². The first-order chi connectivity index (χ1) is 10.1. The number of likely N-dealkylation sites (tertiary alicyclic amines) is 1. The number of carbonyl (C=O) groups excluding carboxylic acids is 1. The number of piperazine rings is 1. The third-order valence-corrected chi connectivity index (χ3v) is 4.39. The Bertz CT molecular complexity index is 471. The van der Waals surface area contributed by atoms with E-state index in [1.807, 2.05) is 11.9 Å². The third kappa shape index (κ3) is 3.01. The summed E-state index contributed by atoms with van der Waals surface area (Å²) in [6.45, 7) is 4.28. The molecule has 0 aliphatic carbocycles. The Morgan fingerprint density at radius 3 is 2.76 bits per heavy atom. The Morgan fingerprint density at radius 1 is 1.33 bits per heavy atom. The second-order valence-corrected chi connectivity index (χ2v) is 5.85. The van der Waals surface area contributed by atoms with Gasteiger partial charge in [-0.1, -0.05) is 0 Å². The molecule has 0 bridgehead atoms. The lowest BCUT2D eigenvalue weighted by atomic mass is 9.93. The average Bonchev–Trinajstić information content (AvgIpc) is 3.03. The van der Waals surface area contributed by atoms with Crippen LogP contribution in [0.3, 0.4) is 0 Å². The van der Waals surface area contributed by atoms with Crippen LogP contribution in [-0.2, 0) is 4.79 Å². The zero-order valence-electron chi connectivity index (χ0n) is 12.3. The van der Waals surface area contributed by atoms with E-state index in [1.54, 1.807) is 0 Å². The number of nitrogens with zero attached hydrogens (tertiary/aromatic N) is 5. The van der Waals surface area contributed by atoms with Crippen molar-refractivity contribution >= 4 is 11.9 Å². The van der Waals surface area contributed by atoms with Crippen LogP contribution in [0.2, 0.25) is 0 Å². The van der Waals surface area contributed by atoms with Gasteiger partial charge in [-0.2, -0.15) is 10.1 Å². The lowest BCUT2D eigenvalue weighted by Gasteiger charge is -2.39. The molecule has 8 heteroatoms. The van der Waals surface area contributed by atoms with Gasteiger partial charge in [-0.3, -0.25) is 4.79 Å². The highest BCUT2D eigenvalue weighted by Crippen LogP contribution is 2.20. The van der Waals surface area contributed by atoms with Crippen LogP contribution < -0.4 is 4.90 Å². The van der Waals surface area contributed by atoms with Crippen molar-refractivity contribution in [3.05, 3.63) is 6.33 Å². The number of aliphatic hydroxyl groups is 1. The van der Waals surface area contributed by atoms with Crippen LogP contribution in [0.4, 0.5) is 5.95 Å². The molecule has 2 saturated heterocycles. The number of nitrogens with one attached hydrogen (secondary N) is 1. The van der Waals surface area contributed by atoms with Crippen molar-refractivity contribution in [1.29, 1.82) is 0 Å². The first kappa shape index (κ1) is 14.3. The summed E-state index contributed by atoms with van der Waals surface area (Å²) in [7, 11) is 1.99. The molecule has 8 nitrogen and oxygen atoms in total. The van der Waals surface area contributed by atoms with Crippen molar-refractivity contribution in [1.82, 2.24) is 25.0 Å². The van der Waals surface area contributed by atoms with E-state index >= 15 is 0 Å². The molecule has 2 atom stereocenters. The Labute approximate surface area is 123 Å². The van der Waals surface area contributed by atoms with Crippen molar-refractivity contribution in [2.24, 2.45) is 5.92 Å². The summed E-state index contributed by atoms with van der Waals surface area (Å²) in [6, 6.07) is 0. The zero-order valence-corrected chi connectivity index (χ0v) is 12.3. The molecule has 3 heterocycles. The van der Waals surface area contributed by atoms with E-state index in [1.165, 1.54) is 6.33 Å². The Morgan fingerprint density at radius 2 is 2.10 bits per heavy atom. The van der Waals surface area contributed by atoms with E-state index < -0.39 is 6.10 Å². The van der Waals surface area contributed by atoms with Crippen LogP contribution in [0.15, 0.2) is 6.33 Å². The lowest BCUT2D eigenvalue weighted by Crippen LogP contribution is -2.55. The second kappa shape index (κ2) is 5.98. The number of aliphatic hydroxyl groups excluding tert-OH is 1. The molecule has 3 rings (SSSR count). The van der Waals surface area contributed by atoms with Gasteiger partial charge in [0.1, 0.15) is 6.33 Å². The van der Waals surface area contributed by atoms with E-state index in [9.17, 15) is 9.90 Å².